The van der Waals surface area contributed by atoms with Crippen LogP contribution in [0.15, 0.2) is 30.7 Å². The molecule has 1 N–H and O–H groups in total. The highest BCUT2D eigenvalue weighted by Gasteiger charge is 2.36. The van der Waals surface area contributed by atoms with Crippen molar-refractivity contribution in [3.63, 3.8) is 0 Å². The number of methoxy groups -OCH3 is 1. The highest BCUT2D eigenvalue weighted by atomic mass is 19.4. The Kier molecular flexibility index (Phi) is 3.00. The smallest absolute Gasteiger partial charge is 0.435 e. The number of ether oxygens (including phenoxy) is 1. The van der Waals surface area contributed by atoms with Gasteiger partial charge in [-0.05, 0) is 12.1 Å². The van der Waals surface area contributed by atoms with E-state index in [4.69, 9.17) is 4.74 Å². The minimum absolute atomic E-state index is 0.126. The summed E-state index contributed by atoms with van der Waals surface area (Å²) in [4.78, 5) is 7.61. The molecule has 0 saturated heterocycles. The number of hydrogen-bond acceptors (Lipinski definition) is 4. The van der Waals surface area contributed by atoms with Crippen molar-refractivity contribution >= 4 is 10.9 Å². The molecular formula is C13H9F3N4O. The zero-order valence-corrected chi connectivity index (χ0v) is 10.8. The molecule has 108 valence electrons. The average molecular weight is 294 g/mol. The fraction of sp³-hybridized carbons (Fsp3) is 0.154. The maximum atomic E-state index is 13.1. The molecule has 0 radical (unpaired) electrons. The molecule has 0 atom stereocenters. The normalized spacial score (nSPS) is 11.8. The summed E-state index contributed by atoms with van der Waals surface area (Å²) in [6.07, 6.45) is -0.370. The van der Waals surface area contributed by atoms with Crippen molar-refractivity contribution in [1.82, 2.24) is 20.2 Å². The molecule has 3 rings (SSSR count). The number of alkyl halides is 3. The van der Waals surface area contributed by atoms with Crippen LogP contribution in [0.3, 0.4) is 0 Å². The molecule has 0 fully saturated rings. The highest BCUT2D eigenvalue weighted by Crippen LogP contribution is 2.36. The maximum Gasteiger partial charge on any atom is 0.435 e. The predicted octanol–water partition coefficient (Wildman–Crippen LogP) is 3.05. The lowest BCUT2D eigenvalue weighted by Gasteiger charge is -2.11. The fourth-order valence-electron chi connectivity index (χ4n) is 2.05. The van der Waals surface area contributed by atoms with Gasteiger partial charge >= 0.3 is 6.18 Å². The molecule has 3 aromatic heterocycles. The van der Waals surface area contributed by atoms with Gasteiger partial charge in [0.05, 0.1) is 30.1 Å². The molecule has 0 bridgehead atoms. The first kappa shape index (κ1) is 13.3. The first-order valence-corrected chi connectivity index (χ1v) is 5.90. The molecule has 5 nitrogen and oxygen atoms in total. The molecule has 0 aliphatic rings. The molecule has 0 aliphatic carbocycles. The van der Waals surface area contributed by atoms with Gasteiger partial charge in [0.1, 0.15) is 5.75 Å². The minimum Gasteiger partial charge on any atom is -0.496 e. The number of H-pyrrole nitrogens is 1. The van der Waals surface area contributed by atoms with Gasteiger partial charge in [-0.15, -0.1) is 0 Å². The van der Waals surface area contributed by atoms with Crippen molar-refractivity contribution in [2.45, 2.75) is 6.18 Å². The van der Waals surface area contributed by atoms with E-state index in [9.17, 15) is 13.2 Å². The highest BCUT2D eigenvalue weighted by molar-refractivity contribution is 5.85. The second-order valence-corrected chi connectivity index (χ2v) is 4.26. The van der Waals surface area contributed by atoms with Gasteiger partial charge in [-0.25, -0.2) is 4.98 Å². The van der Waals surface area contributed by atoms with Crippen molar-refractivity contribution in [3.05, 3.63) is 36.4 Å². The maximum absolute atomic E-state index is 13.1. The predicted molar refractivity (Wildman–Crippen MR) is 68.7 cm³/mol. The van der Waals surface area contributed by atoms with Crippen LogP contribution in [-0.4, -0.2) is 27.3 Å². The zero-order chi connectivity index (χ0) is 15.0. The van der Waals surface area contributed by atoms with E-state index in [0.717, 1.165) is 0 Å². The number of hydrogen-bond donors (Lipinski definition) is 1. The third-order valence-electron chi connectivity index (χ3n) is 2.98. The number of nitrogens with zero attached hydrogens (tertiary/aromatic N) is 3. The standard InChI is InChI=1S/C13H9F3N4O/c1-21-10-2-3-17-6-8(10)9-4-7-5-18-20-11(7)12(19-9)13(14,15)16/h2-6H,1H3,(H,18,20). The molecule has 8 heteroatoms. The van der Waals surface area contributed by atoms with E-state index in [-0.39, 0.29) is 11.2 Å². The van der Waals surface area contributed by atoms with Gasteiger partial charge in [-0.3, -0.25) is 10.1 Å². The second kappa shape index (κ2) is 4.72. The Morgan fingerprint density at radius 1 is 1.24 bits per heavy atom. The summed E-state index contributed by atoms with van der Waals surface area (Å²) < 4.78 is 44.5. The summed E-state index contributed by atoms with van der Waals surface area (Å²) in [6, 6.07) is 3.07. The van der Waals surface area contributed by atoms with E-state index in [1.54, 1.807) is 6.07 Å². The molecule has 0 saturated carbocycles. The van der Waals surface area contributed by atoms with Crippen LogP contribution >= 0.6 is 0 Å². The number of halogens is 3. The number of aromatic amines is 1. The van der Waals surface area contributed by atoms with E-state index in [1.807, 2.05) is 0 Å². The monoisotopic (exact) mass is 294 g/mol. The Balaban J connectivity index is 2.29. The van der Waals surface area contributed by atoms with Crippen LogP contribution in [0.2, 0.25) is 0 Å². The number of fused-ring (bicyclic) bond motifs is 1. The quantitative estimate of drug-likeness (QED) is 0.789. The van der Waals surface area contributed by atoms with E-state index >= 15 is 0 Å². The molecule has 0 unspecified atom stereocenters. The second-order valence-electron chi connectivity index (χ2n) is 4.26. The first-order valence-electron chi connectivity index (χ1n) is 5.90. The molecule has 0 aliphatic heterocycles. The third-order valence-corrected chi connectivity index (χ3v) is 2.98. The van der Waals surface area contributed by atoms with E-state index < -0.39 is 11.9 Å². The van der Waals surface area contributed by atoms with E-state index in [2.05, 4.69) is 20.2 Å². The Labute approximate surface area is 116 Å². The summed E-state index contributed by atoms with van der Waals surface area (Å²) in [6.45, 7) is 0. The van der Waals surface area contributed by atoms with Gasteiger partial charge in [0.25, 0.3) is 0 Å². The first-order chi connectivity index (χ1) is 10.0. The number of aromatic nitrogens is 4. The zero-order valence-electron chi connectivity index (χ0n) is 10.8. The largest absolute Gasteiger partial charge is 0.496 e. The van der Waals surface area contributed by atoms with Crippen LogP contribution in [0, 0.1) is 0 Å². The van der Waals surface area contributed by atoms with Crippen molar-refractivity contribution in [2.24, 2.45) is 0 Å². The summed E-state index contributed by atoms with van der Waals surface area (Å²) in [5.41, 5.74) is -0.651. The summed E-state index contributed by atoms with van der Waals surface area (Å²) in [7, 11) is 1.43. The Morgan fingerprint density at radius 2 is 2.05 bits per heavy atom. The van der Waals surface area contributed by atoms with E-state index in [1.165, 1.54) is 31.8 Å². The SMILES string of the molecule is COc1ccncc1-c1cc2cn[nH]c2c(C(F)(F)F)n1. The Bertz CT molecular complexity index is 797. The van der Waals surface area contributed by atoms with E-state index in [0.29, 0.717) is 16.7 Å². The molecule has 3 heterocycles. The molecule has 3 aromatic rings. The Hall–Kier alpha value is -2.64. The average Bonchev–Trinajstić information content (AvgIpc) is 2.93. The number of pyridine rings is 2. The van der Waals surface area contributed by atoms with Crippen LogP contribution in [0.25, 0.3) is 22.2 Å². The minimum atomic E-state index is -4.59. The van der Waals surface area contributed by atoms with Gasteiger partial charge < -0.3 is 4.74 Å². The van der Waals surface area contributed by atoms with Crippen molar-refractivity contribution in [3.8, 4) is 17.0 Å². The molecule has 21 heavy (non-hydrogen) atoms. The van der Waals surface area contributed by atoms with Crippen LogP contribution in [0.5, 0.6) is 5.75 Å². The van der Waals surface area contributed by atoms with Gasteiger partial charge in [0.2, 0.25) is 0 Å². The van der Waals surface area contributed by atoms with Crippen molar-refractivity contribution in [2.75, 3.05) is 7.11 Å². The number of rotatable bonds is 2. The van der Waals surface area contributed by atoms with Crippen LogP contribution in [0.4, 0.5) is 13.2 Å². The summed E-state index contributed by atoms with van der Waals surface area (Å²) in [5, 5.41) is 6.28. The fourth-order valence-corrected chi connectivity index (χ4v) is 2.05. The van der Waals surface area contributed by atoms with Crippen molar-refractivity contribution in [1.29, 1.82) is 0 Å². The molecular weight excluding hydrogens is 285 g/mol. The van der Waals surface area contributed by atoms with Crippen LogP contribution in [0.1, 0.15) is 5.69 Å². The lowest BCUT2D eigenvalue weighted by molar-refractivity contribution is -0.139. The lowest BCUT2D eigenvalue weighted by Crippen LogP contribution is -2.10. The topological polar surface area (TPSA) is 63.7 Å². The number of nitrogens with one attached hydrogen (secondary N) is 1. The molecule has 0 aromatic carbocycles. The van der Waals surface area contributed by atoms with Gasteiger partial charge in [0, 0.05) is 17.8 Å². The van der Waals surface area contributed by atoms with Gasteiger partial charge in [-0.2, -0.15) is 18.3 Å². The van der Waals surface area contributed by atoms with Gasteiger partial charge in [0.15, 0.2) is 5.69 Å². The van der Waals surface area contributed by atoms with Crippen LogP contribution in [-0.2, 0) is 6.18 Å². The summed E-state index contributed by atoms with van der Waals surface area (Å²) in [5.74, 6) is 0.397. The van der Waals surface area contributed by atoms with Crippen LogP contribution < -0.4 is 4.74 Å². The van der Waals surface area contributed by atoms with Crippen molar-refractivity contribution < 1.29 is 17.9 Å². The molecule has 0 spiro atoms. The molecule has 0 amide bonds. The lowest BCUT2D eigenvalue weighted by atomic mass is 10.1. The third kappa shape index (κ3) is 2.28. The van der Waals surface area contributed by atoms with Gasteiger partial charge in [-0.1, -0.05) is 0 Å². The summed E-state index contributed by atoms with van der Waals surface area (Å²) >= 11 is 0. The Morgan fingerprint density at radius 3 is 2.76 bits per heavy atom.